The number of aliphatic hydroxyl groups is 1. The van der Waals surface area contributed by atoms with Gasteiger partial charge in [-0.25, -0.2) is 9.97 Å². The molecule has 1 amide bonds. The van der Waals surface area contributed by atoms with Gasteiger partial charge in [0.05, 0.1) is 18.8 Å². The summed E-state index contributed by atoms with van der Waals surface area (Å²) in [5, 5.41) is 13.1. The van der Waals surface area contributed by atoms with Crippen molar-refractivity contribution in [3.05, 3.63) is 120 Å². The van der Waals surface area contributed by atoms with Crippen LogP contribution in [0.15, 0.2) is 102 Å². The number of anilines is 1. The van der Waals surface area contributed by atoms with Crippen LogP contribution in [-0.4, -0.2) is 32.8 Å². The van der Waals surface area contributed by atoms with Crippen LogP contribution < -0.4 is 5.32 Å². The molecular weight excluding hydrogens is 486 g/mol. The van der Waals surface area contributed by atoms with E-state index in [1.165, 1.54) is 0 Å². The lowest BCUT2D eigenvalue weighted by Crippen LogP contribution is -2.31. The molecule has 0 radical (unpaired) electrons. The van der Waals surface area contributed by atoms with Gasteiger partial charge in [0.1, 0.15) is 0 Å². The van der Waals surface area contributed by atoms with Gasteiger partial charge in [-0.2, -0.15) is 0 Å². The van der Waals surface area contributed by atoms with Crippen molar-refractivity contribution < 1.29 is 19.4 Å². The zero-order chi connectivity index (χ0) is 25.5. The molecule has 1 fully saturated rings. The third-order valence-corrected chi connectivity index (χ3v) is 7.02. The molecule has 1 aliphatic rings. The molecule has 2 N–H and O–H groups in total. The molecule has 1 aromatic heterocycles. The molecule has 4 aromatic rings. The summed E-state index contributed by atoms with van der Waals surface area (Å²) in [7, 11) is 0. The summed E-state index contributed by atoms with van der Waals surface area (Å²) in [6.07, 6.45) is 3.19. The summed E-state index contributed by atoms with van der Waals surface area (Å²) in [6.45, 7) is -0.00459. The number of aliphatic hydroxyl groups excluding tert-OH is 1. The van der Waals surface area contributed by atoms with E-state index in [4.69, 9.17) is 9.47 Å². The molecule has 1 aliphatic heterocycles. The van der Waals surface area contributed by atoms with Crippen molar-refractivity contribution in [2.45, 2.75) is 36.7 Å². The van der Waals surface area contributed by atoms with Crippen LogP contribution in [-0.2, 0) is 16.1 Å². The van der Waals surface area contributed by atoms with E-state index >= 15 is 0 Å². The summed E-state index contributed by atoms with van der Waals surface area (Å²) in [5.74, 6) is 0.488. The molecule has 0 spiro atoms. The van der Waals surface area contributed by atoms with E-state index in [0.717, 1.165) is 16.7 Å². The number of nitrogens with one attached hydrogen (secondary N) is 1. The Morgan fingerprint density at radius 1 is 0.919 bits per heavy atom. The number of carbonyl (C=O) groups excluding carboxylic acids is 1. The highest BCUT2D eigenvalue weighted by molar-refractivity contribution is 7.99. The normalized spacial score (nSPS) is 19.3. The Balaban J connectivity index is 1.35. The number of carbonyl (C=O) groups is 1. The molecule has 0 aliphatic carbocycles. The number of aromatic nitrogens is 2. The molecule has 7 nitrogen and oxygen atoms in total. The van der Waals surface area contributed by atoms with Gasteiger partial charge in [-0.05, 0) is 41.5 Å². The first-order chi connectivity index (χ1) is 18.2. The highest BCUT2D eigenvalue weighted by Gasteiger charge is 2.32. The minimum absolute atomic E-state index is 0.00459. The van der Waals surface area contributed by atoms with Crippen LogP contribution in [0.25, 0.3) is 0 Å². The fraction of sp³-hybridized carbons (Fsp3) is 0.207. The van der Waals surface area contributed by atoms with E-state index in [1.807, 2.05) is 66.7 Å². The first-order valence-corrected chi connectivity index (χ1v) is 13.0. The molecule has 3 atom stereocenters. The first kappa shape index (κ1) is 25.1. The summed E-state index contributed by atoms with van der Waals surface area (Å²) in [4.78, 5) is 21.3. The van der Waals surface area contributed by atoms with Gasteiger partial charge in [0.25, 0.3) is 5.91 Å². The maximum Gasteiger partial charge on any atom is 0.255 e. The van der Waals surface area contributed by atoms with Gasteiger partial charge in [-0.3, -0.25) is 4.79 Å². The van der Waals surface area contributed by atoms with E-state index in [9.17, 15) is 9.90 Å². The van der Waals surface area contributed by atoms with Gasteiger partial charge < -0.3 is 19.9 Å². The van der Waals surface area contributed by atoms with Crippen molar-refractivity contribution in [3.8, 4) is 0 Å². The van der Waals surface area contributed by atoms with E-state index in [1.54, 1.807) is 42.4 Å². The van der Waals surface area contributed by atoms with Crippen LogP contribution in [0.1, 0.15) is 45.9 Å². The first-order valence-electron chi connectivity index (χ1n) is 12.0. The van der Waals surface area contributed by atoms with Gasteiger partial charge in [-0.15, -0.1) is 0 Å². The van der Waals surface area contributed by atoms with Crippen LogP contribution in [0, 0.1) is 0 Å². The Kier molecular flexibility index (Phi) is 8.22. The molecule has 1 saturated heterocycles. The molecule has 3 unspecified atom stereocenters. The highest BCUT2D eigenvalue weighted by Crippen LogP contribution is 2.39. The number of amides is 1. The Hall–Kier alpha value is -3.56. The number of nitrogens with zero attached hydrogens (tertiary/aromatic N) is 2. The summed E-state index contributed by atoms with van der Waals surface area (Å²) in [6, 6.07) is 26.2. The second-order valence-corrected chi connectivity index (χ2v) is 9.63. The van der Waals surface area contributed by atoms with E-state index in [-0.39, 0.29) is 24.7 Å². The number of rotatable bonds is 8. The van der Waals surface area contributed by atoms with Gasteiger partial charge in [0.15, 0.2) is 11.4 Å². The van der Waals surface area contributed by atoms with Gasteiger partial charge in [0, 0.05) is 41.4 Å². The van der Waals surface area contributed by atoms with E-state index in [0.29, 0.717) is 28.6 Å². The highest BCUT2D eigenvalue weighted by atomic mass is 32.2. The van der Waals surface area contributed by atoms with Crippen LogP contribution in [0.5, 0.6) is 0 Å². The summed E-state index contributed by atoms with van der Waals surface area (Å²) < 4.78 is 12.8. The van der Waals surface area contributed by atoms with Crippen molar-refractivity contribution in [2.24, 2.45) is 0 Å². The van der Waals surface area contributed by atoms with Crippen molar-refractivity contribution in [3.63, 3.8) is 0 Å². The summed E-state index contributed by atoms with van der Waals surface area (Å²) in [5.41, 5.74) is 3.93. The topological polar surface area (TPSA) is 93.6 Å². The molecule has 0 bridgehead atoms. The molecular formula is C29H27N3O4S. The minimum atomic E-state index is -0.618. The minimum Gasteiger partial charge on any atom is -0.392 e. The monoisotopic (exact) mass is 513 g/mol. The lowest BCUT2D eigenvalue weighted by Gasteiger charge is -2.36. The third kappa shape index (κ3) is 6.61. The predicted octanol–water partition coefficient (Wildman–Crippen LogP) is 5.56. The molecule has 37 heavy (non-hydrogen) atoms. The van der Waals surface area contributed by atoms with Crippen molar-refractivity contribution in [2.75, 3.05) is 11.1 Å². The smallest absolute Gasteiger partial charge is 0.255 e. The zero-order valence-electron chi connectivity index (χ0n) is 20.1. The van der Waals surface area contributed by atoms with Crippen LogP contribution in [0.3, 0.4) is 0 Å². The zero-order valence-corrected chi connectivity index (χ0v) is 20.9. The molecule has 188 valence electrons. The Morgan fingerprint density at radius 3 is 2.46 bits per heavy atom. The summed E-state index contributed by atoms with van der Waals surface area (Å²) >= 11 is 1.54. The van der Waals surface area contributed by atoms with Crippen molar-refractivity contribution >= 4 is 23.4 Å². The fourth-order valence-electron chi connectivity index (χ4n) is 4.11. The average Bonchev–Trinajstić information content (AvgIpc) is 2.97. The second-order valence-electron chi connectivity index (χ2n) is 8.64. The lowest BCUT2D eigenvalue weighted by molar-refractivity contribution is -0.245. The third-order valence-electron chi connectivity index (χ3n) is 6.01. The van der Waals surface area contributed by atoms with Crippen LogP contribution in [0.4, 0.5) is 5.69 Å². The van der Waals surface area contributed by atoms with Gasteiger partial charge >= 0.3 is 0 Å². The molecule has 0 saturated carbocycles. The van der Waals surface area contributed by atoms with E-state index < -0.39 is 6.29 Å². The molecule has 8 heteroatoms. The largest absolute Gasteiger partial charge is 0.392 e. The Bertz CT molecular complexity index is 1310. The van der Waals surface area contributed by atoms with Crippen molar-refractivity contribution in [1.82, 2.24) is 9.97 Å². The number of hydrogen-bond acceptors (Lipinski definition) is 7. The molecule has 5 rings (SSSR count). The van der Waals surface area contributed by atoms with Gasteiger partial charge in [-0.1, -0.05) is 66.4 Å². The molecule has 3 aromatic carbocycles. The van der Waals surface area contributed by atoms with Crippen LogP contribution in [0.2, 0.25) is 0 Å². The van der Waals surface area contributed by atoms with Gasteiger partial charge in [0.2, 0.25) is 0 Å². The number of benzene rings is 3. The van der Waals surface area contributed by atoms with Crippen molar-refractivity contribution in [1.29, 1.82) is 0 Å². The average molecular weight is 514 g/mol. The fourth-order valence-corrected chi connectivity index (χ4v) is 4.93. The Morgan fingerprint density at radius 2 is 1.70 bits per heavy atom. The number of hydrogen-bond donors (Lipinski definition) is 2. The SMILES string of the molecule is O=C(Nc1cccc(C2OC(CSc3ncccn3)CC(c3ccc(CO)cc3)O2)c1)c1ccccc1. The van der Waals surface area contributed by atoms with Crippen LogP contribution >= 0.6 is 11.8 Å². The maximum absolute atomic E-state index is 12.7. The quantitative estimate of drug-likeness (QED) is 0.235. The predicted molar refractivity (Wildman–Crippen MR) is 142 cm³/mol. The lowest BCUT2D eigenvalue weighted by atomic mass is 10.0. The standard InChI is InChI=1S/C29H27N3O4S/c33-18-20-10-12-21(13-11-20)26-17-25(19-37-29-30-14-5-15-31-29)35-28(36-26)23-8-4-9-24(16-23)32-27(34)22-6-2-1-3-7-22/h1-16,25-26,28,33H,17-19H2,(H,32,34). The molecule has 2 heterocycles. The number of thioether (sulfide) groups is 1. The van der Waals surface area contributed by atoms with E-state index in [2.05, 4.69) is 15.3 Å². The maximum atomic E-state index is 12.7. The Labute approximate surface area is 219 Å². The number of ether oxygens (including phenoxy) is 2. The second kappa shape index (κ2) is 12.1.